The molecule has 6 atom stereocenters. The van der Waals surface area contributed by atoms with Crippen LogP contribution in [0.3, 0.4) is 0 Å². The first-order valence-electron chi connectivity index (χ1n) is 9.61. The van der Waals surface area contributed by atoms with E-state index in [-0.39, 0.29) is 28.8 Å². The predicted octanol–water partition coefficient (Wildman–Crippen LogP) is 1.07. The Kier molecular flexibility index (Phi) is 9.51. The first-order valence-corrected chi connectivity index (χ1v) is 16.7. The number of nitrogen functional groups attached to an aromatic ring is 1. The lowest BCUT2D eigenvalue weighted by Gasteiger charge is -2.23. The van der Waals surface area contributed by atoms with Crippen molar-refractivity contribution in [2.45, 2.75) is 37.2 Å². The topological polar surface area (TPSA) is 268 Å². The minimum absolute atomic E-state index is 0.111. The van der Waals surface area contributed by atoms with E-state index in [4.69, 9.17) is 29.5 Å². The zero-order valence-electron chi connectivity index (χ0n) is 18.3. The number of fused-ring (bicyclic) bond motifs is 1. The first kappa shape index (κ1) is 29.7. The van der Waals surface area contributed by atoms with Gasteiger partial charge < -0.3 is 34.8 Å². The molecule has 23 heteroatoms. The van der Waals surface area contributed by atoms with Crippen molar-refractivity contribution in [2.75, 3.05) is 18.6 Å². The molecule has 2 aromatic heterocycles. The van der Waals surface area contributed by atoms with Crippen molar-refractivity contribution in [1.29, 1.82) is 0 Å². The molecule has 7 N–H and O–H groups in total. The zero-order valence-corrected chi connectivity index (χ0v) is 22.7. The SMILES string of the molecule is CSS[C@@H](C)O[C@@H]1C[C@H](n2ncc3c(=O)[nH]c(N)nc32)O[C@@H]1COP(=O)(O)OP(=O)(O)OP(=O)(O)O. The lowest BCUT2D eigenvalue weighted by atomic mass is 10.2. The maximum atomic E-state index is 12.1. The van der Waals surface area contributed by atoms with Gasteiger partial charge in [0.2, 0.25) is 5.95 Å². The summed E-state index contributed by atoms with van der Waals surface area (Å²) in [7, 11) is -13.8. The van der Waals surface area contributed by atoms with E-state index in [2.05, 4.69) is 23.7 Å². The van der Waals surface area contributed by atoms with Crippen molar-refractivity contribution in [2.24, 2.45) is 0 Å². The van der Waals surface area contributed by atoms with Crippen LogP contribution in [0.1, 0.15) is 19.6 Å². The fraction of sp³-hybridized carbons (Fsp3) is 0.615. The maximum Gasteiger partial charge on any atom is 0.490 e. The Labute approximate surface area is 210 Å². The molecule has 204 valence electrons. The molecule has 0 spiro atoms. The number of ether oxygens (including phenoxy) is 2. The fourth-order valence-electron chi connectivity index (χ4n) is 3.18. The number of H-pyrrole nitrogens is 1. The molecule has 1 aliphatic rings. The van der Waals surface area contributed by atoms with E-state index in [0.29, 0.717) is 0 Å². The molecule has 0 saturated carbocycles. The number of nitrogens with one attached hydrogen (secondary N) is 1. The average Bonchev–Trinajstić information content (AvgIpc) is 3.27. The Balaban J connectivity index is 1.78. The lowest BCUT2D eigenvalue weighted by molar-refractivity contribution is -0.0640. The predicted molar refractivity (Wildman–Crippen MR) is 126 cm³/mol. The van der Waals surface area contributed by atoms with E-state index in [9.17, 15) is 28.3 Å². The van der Waals surface area contributed by atoms with Crippen LogP contribution in [0, 0.1) is 0 Å². The van der Waals surface area contributed by atoms with Gasteiger partial charge in [0, 0.05) is 6.42 Å². The van der Waals surface area contributed by atoms with Crippen molar-refractivity contribution < 1.29 is 55.9 Å². The van der Waals surface area contributed by atoms with Gasteiger partial charge in [-0.3, -0.25) is 14.3 Å². The number of phosphoric ester groups is 1. The fourth-order valence-corrected chi connectivity index (χ4v) is 7.62. The van der Waals surface area contributed by atoms with Gasteiger partial charge in [-0.15, -0.1) is 0 Å². The van der Waals surface area contributed by atoms with Gasteiger partial charge in [0.15, 0.2) is 11.9 Å². The van der Waals surface area contributed by atoms with Crippen molar-refractivity contribution in [3.05, 3.63) is 16.6 Å². The summed E-state index contributed by atoms with van der Waals surface area (Å²) < 4.78 is 59.6. The Morgan fingerprint density at radius 1 is 1.28 bits per heavy atom. The number of nitrogens with zero attached hydrogens (tertiary/aromatic N) is 3. The standard InChI is InChI=1S/C13H22N5O13P3S2/c1-6(36-35-2)28-8-3-10(18-11-7(4-15-18)12(19)17-13(14)16-11)29-9(8)5-27-33(23,24)31-34(25,26)30-32(20,21)22/h4,6,8-10H,3,5H2,1-2H3,(H,23,24)(H,25,26)(H2,20,21,22)(H3,14,16,17,19)/t6-,8+,9+,10+/m0/s1. The molecule has 1 aliphatic heterocycles. The van der Waals surface area contributed by atoms with Gasteiger partial charge >= 0.3 is 23.5 Å². The number of hydrogen-bond donors (Lipinski definition) is 6. The number of phosphoric acid groups is 3. The molecule has 2 unspecified atom stereocenters. The molecule has 3 rings (SSSR count). The van der Waals surface area contributed by atoms with Crippen LogP contribution in [0.15, 0.2) is 11.0 Å². The van der Waals surface area contributed by atoms with Crippen molar-refractivity contribution in [1.82, 2.24) is 19.7 Å². The number of anilines is 1. The molecule has 3 heterocycles. The highest BCUT2D eigenvalue weighted by Gasteiger charge is 2.44. The number of aromatic amines is 1. The molecule has 18 nitrogen and oxygen atoms in total. The molecule has 0 amide bonds. The van der Waals surface area contributed by atoms with Crippen LogP contribution < -0.4 is 11.3 Å². The molecule has 0 bridgehead atoms. The van der Waals surface area contributed by atoms with E-state index in [0.717, 1.165) is 0 Å². The third kappa shape index (κ3) is 8.09. The van der Waals surface area contributed by atoms with Crippen molar-refractivity contribution in [3.63, 3.8) is 0 Å². The van der Waals surface area contributed by atoms with Gasteiger partial charge in [0.25, 0.3) is 5.56 Å². The quantitative estimate of drug-likeness (QED) is 0.111. The average molecular weight is 613 g/mol. The lowest BCUT2D eigenvalue weighted by Crippen LogP contribution is -2.30. The first-order chi connectivity index (χ1) is 16.6. The second-order valence-electron chi connectivity index (χ2n) is 7.03. The van der Waals surface area contributed by atoms with Crippen LogP contribution in [0.5, 0.6) is 0 Å². The summed E-state index contributed by atoms with van der Waals surface area (Å²) in [6.07, 6.45) is 0.482. The largest absolute Gasteiger partial charge is 0.490 e. The van der Waals surface area contributed by atoms with Gasteiger partial charge in [-0.1, -0.05) is 21.6 Å². The van der Waals surface area contributed by atoms with Crippen LogP contribution in [0.2, 0.25) is 0 Å². The summed E-state index contributed by atoms with van der Waals surface area (Å²) in [6, 6.07) is 0. The van der Waals surface area contributed by atoms with Gasteiger partial charge in [0.1, 0.15) is 16.9 Å². The smallest absolute Gasteiger partial charge is 0.369 e. The van der Waals surface area contributed by atoms with Crippen molar-refractivity contribution in [3.8, 4) is 0 Å². The molecule has 1 saturated heterocycles. The Bertz CT molecular complexity index is 1290. The number of nitrogens with two attached hydrogens (primary N) is 1. The Morgan fingerprint density at radius 3 is 2.61 bits per heavy atom. The van der Waals surface area contributed by atoms with Gasteiger partial charge in [-0.25, -0.2) is 18.4 Å². The van der Waals surface area contributed by atoms with Crippen LogP contribution >= 0.6 is 45.1 Å². The summed E-state index contributed by atoms with van der Waals surface area (Å²) in [4.78, 5) is 54.8. The monoisotopic (exact) mass is 613 g/mol. The summed E-state index contributed by atoms with van der Waals surface area (Å²) in [5.41, 5.74) is 4.83. The van der Waals surface area contributed by atoms with Crippen LogP contribution in [-0.4, -0.2) is 69.8 Å². The second kappa shape index (κ2) is 11.5. The minimum atomic E-state index is -5.68. The van der Waals surface area contributed by atoms with E-state index < -0.39 is 54.1 Å². The van der Waals surface area contributed by atoms with E-state index in [1.807, 2.05) is 6.26 Å². The molecule has 0 aromatic carbocycles. The normalized spacial score (nSPS) is 25.0. The molecule has 36 heavy (non-hydrogen) atoms. The van der Waals surface area contributed by atoms with Crippen molar-refractivity contribution >= 4 is 62.0 Å². The number of hydrogen-bond acceptors (Lipinski definition) is 14. The summed E-state index contributed by atoms with van der Waals surface area (Å²) in [6.45, 7) is 1.02. The van der Waals surface area contributed by atoms with E-state index in [1.165, 1.54) is 32.5 Å². The molecule has 2 aromatic rings. The minimum Gasteiger partial charge on any atom is -0.369 e. The molecular formula is C13H22N5O13P3S2. The highest BCUT2D eigenvalue weighted by atomic mass is 33.1. The van der Waals surface area contributed by atoms with Crippen LogP contribution in [0.25, 0.3) is 11.0 Å². The highest BCUT2D eigenvalue weighted by molar-refractivity contribution is 8.76. The van der Waals surface area contributed by atoms with Gasteiger partial charge in [-0.2, -0.15) is 18.7 Å². The summed E-state index contributed by atoms with van der Waals surface area (Å²) in [5, 5.41) is 4.25. The molecular weight excluding hydrogens is 591 g/mol. The molecule has 1 fully saturated rings. The van der Waals surface area contributed by atoms with Crippen LogP contribution in [-0.2, 0) is 36.3 Å². The molecule has 0 radical (unpaired) electrons. The molecule has 0 aliphatic carbocycles. The van der Waals surface area contributed by atoms with E-state index >= 15 is 0 Å². The maximum absolute atomic E-state index is 12.1. The number of aromatic nitrogens is 4. The third-order valence-electron chi connectivity index (χ3n) is 4.35. The van der Waals surface area contributed by atoms with Gasteiger partial charge in [-0.05, 0) is 13.2 Å². The summed E-state index contributed by atoms with van der Waals surface area (Å²) in [5.74, 6) is -0.158. The van der Waals surface area contributed by atoms with Gasteiger partial charge in [0.05, 0.1) is 18.9 Å². The van der Waals surface area contributed by atoms with E-state index in [1.54, 1.807) is 6.92 Å². The zero-order chi connectivity index (χ0) is 26.9. The second-order valence-corrected chi connectivity index (χ2v) is 14.2. The highest BCUT2D eigenvalue weighted by Crippen LogP contribution is 2.66. The Morgan fingerprint density at radius 2 is 1.97 bits per heavy atom. The summed E-state index contributed by atoms with van der Waals surface area (Å²) >= 11 is 0. The third-order valence-corrected chi connectivity index (χ3v) is 10.1. The van der Waals surface area contributed by atoms with Crippen LogP contribution in [0.4, 0.5) is 5.95 Å². The number of rotatable bonds is 12. The Hall–Kier alpha value is -0.820.